The topological polar surface area (TPSA) is 72.8 Å². The smallest absolute Gasteiger partial charge is 0.282 e. The van der Waals surface area contributed by atoms with E-state index < -0.39 is 10.0 Å². The van der Waals surface area contributed by atoms with Crippen molar-refractivity contribution in [3.63, 3.8) is 0 Å². The monoisotopic (exact) mass is 327 g/mol. The lowest BCUT2D eigenvalue weighted by atomic mass is 9.95. The van der Waals surface area contributed by atoms with E-state index in [1.54, 1.807) is 36.4 Å². The van der Waals surface area contributed by atoms with Gasteiger partial charge in [0.15, 0.2) is 5.78 Å². The second kappa shape index (κ2) is 5.81. The van der Waals surface area contributed by atoms with Gasteiger partial charge in [-0.05, 0) is 36.4 Å². The Morgan fingerprint density at radius 1 is 0.913 bits per heavy atom. The maximum absolute atomic E-state index is 12.4. The van der Waals surface area contributed by atoms with E-state index in [0.29, 0.717) is 16.9 Å². The lowest BCUT2D eigenvalue weighted by molar-refractivity contribution is 0.104. The third kappa shape index (κ3) is 2.93. The van der Waals surface area contributed by atoms with Crippen molar-refractivity contribution in [1.82, 2.24) is 0 Å². The summed E-state index contributed by atoms with van der Waals surface area (Å²) in [5, 5.41) is 0. The van der Waals surface area contributed by atoms with Gasteiger partial charge in [-0.15, -0.1) is 0 Å². The molecule has 0 saturated carbocycles. The molecule has 0 aromatic heterocycles. The Bertz CT molecular complexity index is 925. The minimum atomic E-state index is -3.88. The van der Waals surface area contributed by atoms with Crippen LogP contribution in [0, 0.1) is 0 Å². The van der Waals surface area contributed by atoms with Crippen molar-refractivity contribution in [3.05, 3.63) is 71.8 Å². The number of rotatable bonds is 3. The molecule has 6 heteroatoms. The summed E-state index contributed by atoms with van der Waals surface area (Å²) in [4.78, 5) is 11.9. The standard InChI is InChI=1S/C17H13NO4S/c1-22-12-6-8-13(9-7-12)23(20,21)18-16-10-11-17(19)15-5-3-2-4-14(15)16/h2-11H,1H3/b18-16-. The molecule has 3 rings (SSSR count). The van der Waals surface area contributed by atoms with Gasteiger partial charge in [-0.3, -0.25) is 4.79 Å². The number of methoxy groups -OCH3 is 1. The van der Waals surface area contributed by atoms with Gasteiger partial charge in [0, 0.05) is 11.1 Å². The maximum atomic E-state index is 12.4. The number of sulfonamides is 1. The summed E-state index contributed by atoms with van der Waals surface area (Å²) in [7, 11) is -2.37. The first-order valence-corrected chi connectivity index (χ1v) is 8.26. The van der Waals surface area contributed by atoms with Crippen molar-refractivity contribution in [2.75, 3.05) is 7.11 Å². The van der Waals surface area contributed by atoms with Crippen molar-refractivity contribution in [3.8, 4) is 5.75 Å². The molecule has 1 aliphatic rings. The highest BCUT2D eigenvalue weighted by atomic mass is 32.2. The fourth-order valence-corrected chi connectivity index (χ4v) is 3.27. The Morgan fingerprint density at radius 2 is 1.57 bits per heavy atom. The minimum Gasteiger partial charge on any atom is -0.497 e. The molecule has 0 amide bonds. The average molecular weight is 327 g/mol. The van der Waals surface area contributed by atoms with Gasteiger partial charge in [-0.1, -0.05) is 24.3 Å². The first-order valence-electron chi connectivity index (χ1n) is 6.82. The number of carbonyl (C=O) groups is 1. The van der Waals surface area contributed by atoms with Crippen LogP contribution in [0.5, 0.6) is 5.75 Å². The molecule has 0 aliphatic heterocycles. The molecule has 0 unspecified atom stereocenters. The van der Waals surface area contributed by atoms with Gasteiger partial charge in [0.05, 0.1) is 17.7 Å². The first kappa shape index (κ1) is 15.2. The number of hydrogen-bond acceptors (Lipinski definition) is 4. The molecule has 0 atom stereocenters. The molecular weight excluding hydrogens is 314 g/mol. The van der Waals surface area contributed by atoms with E-state index in [1.165, 1.54) is 31.4 Å². The summed E-state index contributed by atoms with van der Waals surface area (Å²) in [6.07, 6.45) is 2.75. The largest absolute Gasteiger partial charge is 0.497 e. The summed E-state index contributed by atoms with van der Waals surface area (Å²) in [5.41, 5.74) is 1.20. The number of ketones is 1. The third-order valence-corrected chi connectivity index (χ3v) is 4.74. The van der Waals surface area contributed by atoms with Crippen LogP contribution in [0.3, 0.4) is 0 Å². The molecule has 0 bridgehead atoms. The molecule has 2 aromatic rings. The van der Waals surface area contributed by atoms with Crippen LogP contribution >= 0.6 is 0 Å². The fourth-order valence-electron chi connectivity index (χ4n) is 2.26. The van der Waals surface area contributed by atoms with Crippen LogP contribution in [0.25, 0.3) is 0 Å². The van der Waals surface area contributed by atoms with Crippen molar-refractivity contribution in [2.24, 2.45) is 4.40 Å². The Labute approximate surface area is 134 Å². The number of nitrogens with zero attached hydrogens (tertiary/aromatic N) is 1. The molecule has 2 aromatic carbocycles. The fraction of sp³-hybridized carbons (Fsp3) is 0.0588. The predicted octanol–water partition coefficient (Wildman–Crippen LogP) is 2.63. The molecule has 0 N–H and O–H groups in total. The van der Waals surface area contributed by atoms with Crippen LogP contribution in [0.4, 0.5) is 0 Å². The molecule has 1 aliphatic carbocycles. The summed E-state index contributed by atoms with van der Waals surface area (Å²) >= 11 is 0. The highest BCUT2D eigenvalue weighted by molar-refractivity contribution is 7.90. The van der Waals surface area contributed by atoms with Gasteiger partial charge in [-0.25, -0.2) is 0 Å². The van der Waals surface area contributed by atoms with E-state index in [1.807, 2.05) is 0 Å². The quantitative estimate of drug-likeness (QED) is 0.868. The Morgan fingerprint density at radius 3 is 2.22 bits per heavy atom. The van der Waals surface area contributed by atoms with Gasteiger partial charge in [0.25, 0.3) is 10.0 Å². The lowest BCUT2D eigenvalue weighted by Gasteiger charge is -2.11. The highest BCUT2D eigenvalue weighted by Gasteiger charge is 2.20. The highest BCUT2D eigenvalue weighted by Crippen LogP contribution is 2.21. The summed E-state index contributed by atoms with van der Waals surface area (Å²) in [6.45, 7) is 0. The maximum Gasteiger partial charge on any atom is 0.282 e. The molecule has 116 valence electrons. The number of carbonyl (C=O) groups excluding carboxylic acids is 1. The number of fused-ring (bicyclic) bond motifs is 1. The van der Waals surface area contributed by atoms with E-state index >= 15 is 0 Å². The Kier molecular flexibility index (Phi) is 3.83. The van der Waals surface area contributed by atoms with Crippen molar-refractivity contribution in [2.45, 2.75) is 4.90 Å². The zero-order valence-electron chi connectivity index (χ0n) is 12.3. The molecule has 0 spiro atoms. The van der Waals surface area contributed by atoms with Crippen LogP contribution in [-0.4, -0.2) is 27.0 Å². The molecule has 0 heterocycles. The summed E-state index contributed by atoms with van der Waals surface area (Å²) in [5.74, 6) is 0.395. The molecule has 5 nitrogen and oxygen atoms in total. The van der Waals surface area contributed by atoms with E-state index in [2.05, 4.69) is 4.40 Å². The van der Waals surface area contributed by atoms with Gasteiger partial charge in [-0.2, -0.15) is 12.8 Å². The van der Waals surface area contributed by atoms with Crippen molar-refractivity contribution < 1.29 is 17.9 Å². The number of allylic oxidation sites excluding steroid dienone is 2. The van der Waals surface area contributed by atoms with Crippen LogP contribution < -0.4 is 4.74 Å². The number of hydrogen-bond donors (Lipinski definition) is 0. The van der Waals surface area contributed by atoms with Gasteiger partial charge < -0.3 is 4.74 Å². The van der Waals surface area contributed by atoms with Crippen molar-refractivity contribution in [1.29, 1.82) is 0 Å². The normalized spacial score (nSPS) is 15.5. The number of ether oxygens (including phenoxy) is 1. The molecular formula is C17H13NO4S. The van der Waals surface area contributed by atoms with Gasteiger partial charge in [0.1, 0.15) is 5.75 Å². The van der Waals surface area contributed by atoms with Crippen LogP contribution in [0.2, 0.25) is 0 Å². The molecule has 0 fully saturated rings. The third-order valence-electron chi connectivity index (χ3n) is 3.44. The van der Waals surface area contributed by atoms with Crippen molar-refractivity contribution >= 4 is 21.5 Å². The zero-order chi connectivity index (χ0) is 16.4. The minimum absolute atomic E-state index is 0.0635. The zero-order valence-corrected chi connectivity index (χ0v) is 13.1. The average Bonchev–Trinajstić information content (AvgIpc) is 2.58. The van der Waals surface area contributed by atoms with E-state index in [4.69, 9.17) is 4.74 Å². The van der Waals surface area contributed by atoms with Crippen LogP contribution in [0.1, 0.15) is 15.9 Å². The first-order chi connectivity index (χ1) is 11.0. The Balaban J connectivity index is 2.06. The second-order valence-electron chi connectivity index (χ2n) is 4.87. The number of benzene rings is 2. The predicted molar refractivity (Wildman–Crippen MR) is 86.6 cm³/mol. The molecule has 23 heavy (non-hydrogen) atoms. The van der Waals surface area contributed by atoms with E-state index in [9.17, 15) is 13.2 Å². The molecule has 0 radical (unpaired) electrons. The molecule has 0 saturated heterocycles. The van der Waals surface area contributed by atoms with Gasteiger partial charge in [0.2, 0.25) is 0 Å². The second-order valence-corrected chi connectivity index (χ2v) is 6.47. The lowest BCUT2D eigenvalue weighted by Crippen LogP contribution is -2.14. The van der Waals surface area contributed by atoms with Crippen LogP contribution in [0.15, 0.2) is 70.0 Å². The Hall–Kier alpha value is -2.73. The van der Waals surface area contributed by atoms with Crippen LogP contribution in [-0.2, 0) is 10.0 Å². The summed E-state index contributed by atoms with van der Waals surface area (Å²) < 4.78 is 33.8. The van der Waals surface area contributed by atoms with Gasteiger partial charge >= 0.3 is 0 Å². The summed E-state index contributed by atoms with van der Waals surface area (Å²) in [6, 6.07) is 12.8. The van der Waals surface area contributed by atoms with E-state index in [0.717, 1.165) is 0 Å². The van der Waals surface area contributed by atoms with E-state index in [-0.39, 0.29) is 16.4 Å². The SMILES string of the molecule is COc1ccc(S(=O)(=O)/N=C2/C=CC(=O)c3ccccc32)cc1.